The Hall–Kier alpha value is -1.33. The molecule has 96 valence electrons. The number of hydrogen-bond acceptors (Lipinski definition) is 3. The maximum Gasteiger partial charge on any atom is 0.160 e. The van der Waals surface area contributed by atoms with Gasteiger partial charge in [0.1, 0.15) is 5.82 Å². The summed E-state index contributed by atoms with van der Waals surface area (Å²) in [5.74, 6) is 0.976. The highest BCUT2D eigenvalue weighted by molar-refractivity contribution is 6.35. The molecule has 1 N–H and O–H groups in total. The number of aryl methyl sites for hydroxylation is 1. The van der Waals surface area contributed by atoms with Gasteiger partial charge in [-0.2, -0.15) is 0 Å². The summed E-state index contributed by atoms with van der Waals surface area (Å²) in [7, 11) is 1.87. The van der Waals surface area contributed by atoms with Crippen LogP contribution in [0.1, 0.15) is 11.6 Å². The Kier molecular flexibility index (Phi) is 3.73. The lowest BCUT2D eigenvalue weighted by molar-refractivity contribution is 0.629. The van der Waals surface area contributed by atoms with Gasteiger partial charge in [-0.25, -0.2) is 4.39 Å². The van der Waals surface area contributed by atoms with Crippen LogP contribution in [0.15, 0.2) is 12.1 Å². The molecule has 0 aliphatic rings. The monoisotopic (exact) mass is 288 g/mol. The molecule has 2 aromatic rings. The van der Waals surface area contributed by atoms with E-state index in [1.54, 1.807) is 0 Å². The third-order valence-corrected chi connectivity index (χ3v) is 3.17. The van der Waals surface area contributed by atoms with Crippen LogP contribution < -0.4 is 5.32 Å². The number of rotatable bonds is 3. The smallest absolute Gasteiger partial charge is 0.160 e. The molecule has 0 spiro atoms. The zero-order chi connectivity index (χ0) is 13.3. The predicted octanol–water partition coefficient (Wildman–Crippen LogP) is 3.18. The van der Waals surface area contributed by atoms with Crippen molar-refractivity contribution in [3.63, 3.8) is 0 Å². The average molecular weight is 289 g/mol. The third kappa shape index (κ3) is 2.57. The molecule has 0 fully saturated rings. The molecule has 0 aliphatic carbocycles. The van der Waals surface area contributed by atoms with E-state index >= 15 is 0 Å². The van der Waals surface area contributed by atoms with Crippen LogP contribution in [0.4, 0.5) is 10.1 Å². The number of nitrogens with one attached hydrogen (secondary N) is 1. The van der Waals surface area contributed by atoms with Gasteiger partial charge < -0.3 is 9.88 Å². The number of benzene rings is 1. The Bertz CT molecular complexity index is 559. The molecule has 1 heterocycles. The summed E-state index contributed by atoms with van der Waals surface area (Å²) >= 11 is 11.4. The molecule has 1 aromatic heterocycles. The van der Waals surface area contributed by atoms with E-state index in [0.29, 0.717) is 12.2 Å². The Morgan fingerprint density at radius 1 is 1.28 bits per heavy atom. The highest BCUT2D eigenvalue weighted by Gasteiger charge is 2.09. The first-order chi connectivity index (χ1) is 8.49. The van der Waals surface area contributed by atoms with Crippen LogP contribution in [-0.2, 0) is 13.6 Å². The first-order valence-electron chi connectivity index (χ1n) is 5.22. The quantitative estimate of drug-likeness (QED) is 0.882. The second-order valence-corrected chi connectivity index (χ2v) is 4.64. The van der Waals surface area contributed by atoms with Gasteiger partial charge in [-0.15, -0.1) is 10.2 Å². The maximum absolute atomic E-state index is 13.2. The summed E-state index contributed by atoms with van der Waals surface area (Å²) < 4.78 is 15.1. The van der Waals surface area contributed by atoms with Crippen molar-refractivity contribution in [3.05, 3.63) is 39.6 Å². The van der Waals surface area contributed by atoms with Gasteiger partial charge in [0, 0.05) is 12.7 Å². The summed E-state index contributed by atoms with van der Waals surface area (Å²) in [6.45, 7) is 2.32. The van der Waals surface area contributed by atoms with Crippen LogP contribution in [-0.4, -0.2) is 14.8 Å². The lowest BCUT2D eigenvalue weighted by Crippen LogP contribution is -2.06. The zero-order valence-corrected chi connectivity index (χ0v) is 11.3. The topological polar surface area (TPSA) is 42.7 Å². The number of hydrogen-bond donors (Lipinski definition) is 1. The summed E-state index contributed by atoms with van der Waals surface area (Å²) in [6, 6.07) is 2.96. The lowest BCUT2D eigenvalue weighted by Gasteiger charge is -2.08. The molecule has 18 heavy (non-hydrogen) atoms. The molecule has 0 aliphatic heterocycles. The summed E-state index contributed by atoms with van der Waals surface area (Å²) in [5.41, 5.74) is 0.632. The molecule has 2 rings (SSSR count). The van der Waals surface area contributed by atoms with E-state index in [2.05, 4.69) is 15.5 Å². The van der Waals surface area contributed by atoms with Crippen molar-refractivity contribution < 1.29 is 4.39 Å². The Labute approximate surface area is 114 Å². The molecule has 4 nitrogen and oxygen atoms in total. The Morgan fingerprint density at radius 2 is 1.89 bits per heavy atom. The largest absolute Gasteiger partial charge is 0.378 e. The molecule has 7 heteroatoms. The minimum Gasteiger partial charge on any atom is -0.378 e. The van der Waals surface area contributed by atoms with Gasteiger partial charge in [-0.1, -0.05) is 23.2 Å². The molecule has 0 atom stereocenters. The van der Waals surface area contributed by atoms with Crippen molar-refractivity contribution in [2.45, 2.75) is 13.5 Å². The van der Waals surface area contributed by atoms with Gasteiger partial charge in [0.25, 0.3) is 0 Å². The highest BCUT2D eigenvalue weighted by atomic mass is 35.5. The van der Waals surface area contributed by atoms with E-state index in [-0.39, 0.29) is 10.0 Å². The van der Waals surface area contributed by atoms with Crippen molar-refractivity contribution in [1.29, 1.82) is 0 Å². The Morgan fingerprint density at radius 3 is 2.39 bits per heavy atom. The molecule has 0 unspecified atom stereocenters. The summed E-state index contributed by atoms with van der Waals surface area (Å²) in [4.78, 5) is 0. The summed E-state index contributed by atoms with van der Waals surface area (Å²) in [6.07, 6.45) is 0. The SMILES string of the molecule is Cc1nnc(CNc2cc(Cl)c(F)c(Cl)c2)n1C. The van der Waals surface area contributed by atoms with E-state index in [4.69, 9.17) is 23.2 Å². The molecule has 1 aromatic carbocycles. The lowest BCUT2D eigenvalue weighted by atomic mass is 10.3. The first-order valence-corrected chi connectivity index (χ1v) is 5.98. The van der Waals surface area contributed by atoms with Gasteiger partial charge in [0.15, 0.2) is 11.6 Å². The molecular weight excluding hydrogens is 278 g/mol. The number of nitrogens with zero attached hydrogens (tertiary/aromatic N) is 3. The van der Waals surface area contributed by atoms with Crippen LogP contribution in [0.5, 0.6) is 0 Å². The fourth-order valence-electron chi connectivity index (χ4n) is 1.44. The van der Waals surface area contributed by atoms with Gasteiger partial charge in [-0.3, -0.25) is 0 Å². The van der Waals surface area contributed by atoms with Crippen LogP contribution >= 0.6 is 23.2 Å². The van der Waals surface area contributed by atoms with Gasteiger partial charge in [0.2, 0.25) is 0 Å². The van der Waals surface area contributed by atoms with Crippen molar-refractivity contribution in [3.8, 4) is 0 Å². The van der Waals surface area contributed by atoms with Gasteiger partial charge >= 0.3 is 0 Å². The minimum absolute atomic E-state index is 0.0147. The molecule has 0 amide bonds. The van der Waals surface area contributed by atoms with Crippen LogP contribution in [0.2, 0.25) is 10.0 Å². The highest BCUT2D eigenvalue weighted by Crippen LogP contribution is 2.27. The fraction of sp³-hybridized carbons (Fsp3) is 0.273. The van der Waals surface area contributed by atoms with Crippen LogP contribution in [0.25, 0.3) is 0 Å². The fourth-order valence-corrected chi connectivity index (χ4v) is 1.93. The standard InChI is InChI=1S/C11H11Cl2FN4/c1-6-16-17-10(18(6)2)5-15-7-3-8(12)11(14)9(13)4-7/h3-4,15H,5H2,1-2H3. The van der Waals surface area contributed by atoms with E-state index < -0.39 is 5.82 Å². The normalized spacial score (nSPS) is 10.7. The van der Waals surface area contributed by atoms with E-state index in [0.717, 1.165) is 11.6 Å². The maximum atomic E-state index is 13.2. The Balaban J connectivity index is 2.13. The number of aromatic nitrogens is 3. The third-order valence-electron chi connectivity index (χ3n) is 2.62. The first kappa shape index (κ1) is 13.1. The van der Waals surface area contributed by atoms with Crippen molar-refractivity contribution >= 4 is 28.9 Å². The molecular formula is C11H11Cl2FN4. The van der Waals surface area contributed by atoms with Gasteiger partial charge in [-0.05, 0) is 19.1 Å². The van der Waals surface area contributed by atoms with Crippen LogP contribution in [0, 0.1) is 12.7 Å². The van der Waals surface area contributed by atoms with E-state index in [1.165, 1.54) is 12.1 Å². The van der Waals surface area contributed by atoms with Crippen molar-refractivity contribution in [2.24, 2.45) is 7.05 Å². The molecule has 0 bridgehead atoms. The number of anilines is 1. The summed E-state index contributed by atoms with van der Waals surface area (Å²) in [5, 5.41) is 11.0. The van der Waals surface area contributed by atoms with E-state index in [1.807, 2.05) is 18.5 Å². The minimum atomic E-state index is -0.613. The van der Waals surface area contributed by atoms with Crippen molar-refractivity contribution in [2.75, 3.05) is 5.32 Å². The van der Waals surface area contributed by atoms with Crippen LogP contribution in [0.3, 0.4) is 0 Å². The second-order valence-electron chi connectivity index (χ2n) is 3.83. The predicted molar refractivity (Wildman–Crippen MR) is 69.5 cm³/mol. The zero-order valence-electron chi connectivity index (χ0n) is 9.84. The van der Waals surface area contributed by atoms with Crippen molar-refractivity contribution in [1.82, 2.24) is 14.8 Å². The number of halogens is 3. The second kappa shape index (κ2) is 5.12. The molecule has 0 radical (unpaired) electrons. The molecule has 0 saturated carbocycles. The van der Waals surface area contributed by atoms with E-state index in [9.17, 15) is 4.39 Å². The molecule has 0 saturated heterocycles. The van der Waals surface area contributed by atoms with Gasteiger partial charge in [0.05, 0.1) is 16.6 Å². The average Bonchev–Trinajstić information content (AvgIpc) is 2.64.